The average molecular weight is 539 g/mol. The smallest absolute Gasteiger partial charge is 0.234 e. The molecular weight excluding hydrogens is 511 g/mol. The summed E-state index contributed by atoms with van der Waals surface area (Å²) in [4.78, 5) is 33.7. The Hall–Kier alpha value is -3.71. The number of alkyl halides is 1. The van der Waals surface area contributed by atoms with E-state index in [0.717, 1.165) is 0 Å². The van der Waals surface area contributed by atoms with Gasteiger partial charge in [-0.2, -0.15) is 5.26 Å². The summed E-state index contributed by atoms with van der Waals surface area (Å²) in [5, 5.41) is 11.3. The first-order chi connectivity index (χ1) is 18.1. The number of nitriles is 1. The summed E-state index contributed by atoms with van der Waals surface area (Å²) in [6.45, 7) is 4.31. The Balaban J connectivity index is 1.61. The minimum atomic E-state index is -0.579. The van der Waals surface area contributed by atoms with Crippen LogP contribution in [0.4, 0.5) is 4.39 Å². The number of primary amides is 1. The van der Waals surface area contributed by atoms with Gasteiger partial charge in [0.1, 0.15) is 24.8 Å². The number of aliphatic imine (C=N–C) groups is 1. The number of halogens is 2. The van der Waals surface area contributed by atoms with Crippen LogP contribution in [0.3, 0.4) is 0 Å². The van der Waals surface area contributed by atoms with Crippen LogP contribution >= 0.6 is 11.6 Å². The standard InChI is InChI=1S/C27H28ClFN6O3/c1-27(2)4-6-32-25(22-16(28)9-15(26(31)37)11-18(22)33-21(36)3-5-30)23(27)14-10-17(29)24-19(12-14)35-7-8-38-13-20(35)34-24/h4,6-8,10,12,15-16,18,22-23H,3,9,11,13H2,1-2H3,(H2,31,37)(H,33,36). The molecule has 0 radical (unpaired) electrons. The van der Waals surface area contributed by atoms with Crippen molar-refractivity contribution >= 4 is 46.4 Å². The lowest BCUT2D eigenvalue weighted by atomic mass is 9.64. The molecule has 9 nitrogen and oxygen atoms in total. The molecule has 1 fully saturated rings. The minimum absolute atomic E-state index is 0.241. The van der Waals surface area contributed by atoms with Crippen LogP contribution in [-0.2, 0) is 20.9 Å². The normalized spacial score (nSPS) is 27.7. The highest BCUT2D eigenvalue weighted by Gasteiger charge is 2.47. The molecule has 1 aromatic heterocycles. The van der Waals surface area contributed by atoms with Crippen LogP contribution in [-0.4, -0.2) is 38.5 Å². The summed E-state index contributed by atoms with van der Waals surface area (Å²) in [7, 11) is 0. The van der Waals surface area contributed by atoms with E-state index in [0.29, 0.717) is 29.0 Å². The third kappa shape index (κ3) is 4.56. The number of amides is 2. The number of imidazole rings is 1. The van der Waals surface area contributed by atoms with E-state index in [1.807, 2.05) is 32.1 Å². The quantitative estimate of drug-likeness (QED) is 0.559. The summed E-state index contributed by atoms with van der Waals surface area (Å²) in [6, 6.07) is 4.66. The number of hydrogen-bond acceptors (Lipinski definition) is 6. The molecule has 198 valence electrons. The van der Waals surface area contributed by atoms with E-state index < -0.39 is 52.2 Å². The highest BCUT2D eigenvalue weighted by atomic mass is 35.5. The number of nitrogens with one attached hydrogen (secondary N) is 1. The van der Waals surface area contributed by atoms with Crippen LogP contribution in [0.25, 0.3) is 17.2 Å². The largest absolute Gasteiger partial charge is 0.492 e. The van der Waals surface area contributed by atoms with Crippen molar-refractivity contribution in [3.8, 4) is 6.07 Å². The third-order valence-corrected chi connectivity index (χ3v) is 8.11. The number of rotatable bonds is 5. The molecule has 5 rings (SSSR count). The van der Waals surface area contributed by atoms with Gasteiger partial charge in [-0.3, -0.25) is 19.1 Å². The van der Waals surface area contributed by atoms with Gasteiger partial charge in [0.25, 0.3) is 0 Å². The Labute approximate surface area is 224 Å². The maximum Gasteiger partial charge on any atom is 0.234 e. The first-order valence-electron chi connectivity index (χ1n) is 12.4. The van der Waals surface area contributed by atoms with Gasteiger partial charge in [0.2, 0.25) is 11.8 Å². The Morgan fingerprint density at radius 2 is 2.16 bits per heavy atom. The molecule has 2 aliphatic heterocycles. The van der Waals surface area contributed by atoms with E-state index in [9.17, 15) is 9.59 Å². The second-order valence-corrected chi connectivity index (χ2v) is 11.2. The number of nitrogens with two attached hydrogens (primary N) is 1. The zero-order valence-electron chi connectivity index (χ0n) is 21.0. The molecule has 3 heterocycles. The highest BCUT2D eigenvalue weighted by molar-refractivity contribution is 6.23. The van der Waals surface area contributed by atoms with E-state index in [2.05, 4.69) is 10.3 Å². The van der Waals surface area contributed by atoms with E-state index in [1.54, 1.807) is 23.2 Å². The van der Waals surface area contributed by atoms with Crippen molar-refractivity contribution < 1.29 is 18.7 Å². The van der Waals surface area contributed by atoms with Crippen LogP contribution < -0.4 is 11.1 Å². The lowest BCUT2D eigenvalue weighted by molar-refractivity contribution is -0.125. The first kappa shape index (κ1) is 25.9. The van der Waals surface area contributed by atoms with Crippen LogP contribution in [0.1, 0.15) is 50.4 Å². The van der Waals surface area contributed by atoms with Crippen molar-refractivity contribution in [2.45, 2.75) is 57.1 Å². The maximum absolute atomic E-state index is 15.5. The molecule has 2 aromatic rings. The van der Waals surface area contributed by atoms with Crippen LogP contribution in [0.15, 0.2) is 35.7 Å². The van der Waals surface area contributed by atoms with Crippen molar-refractivity contribution in [3.63, 3.8) is 0 Å². The van der Waals surface area contributed by atoms with Crippen molar-refractivity contribution in [2.24, 2.45) is 28.0 Å². The van der Waals surface area contributed by atoms with Crippen LogP contribution in [0.2, 0.25) is 0 Å². The fraction of sp³-hybridized carbons (Fsp3) is 0.444. The Kier molecular flexibility index (Phi) is 6.73. The number of ether oxygens (including phenoxy) is 1. The molecule has 2 amide bonds. The Bertz CT molecular complexity index is 1440. The van der Waals surface area contributed by atoms with Gasteiger partial charge >= 0.3 is 0 Å². The van der Waals surface area contributed by atoms with Crippen molar-refractivity contribution in [1.82, 2.24) is 14.9 Å². The topological polar surface area (TPSA) is 135 Å². The Morgan fingerprint density at radius 1 is 1.37 bits per heavy atom. The first-order valence-corrected chi connectivity index (χ1v) is 12.9. The van der Waals surface area contributed by atoms with Gasteiger partial charge in [0, 0.05) is 47.3 Å². The summed E-state index contributed by atoms with van der Waals surface area (Å²) in [5.41, 5.74) is 7.35. The van der Waals surface area contributed by atoms with Crippen molar-refractivity contribution in [3.05, 3.63) is 47.9 Å². The molecule has 0 bridgehead atoms. The van der Waals surface area contributed by atoms with Crippen molar-refractivity contribution in [1.29, 1.82) is 5.26 Å². The van der Waals surface area contributed by atoms with Gasteiger partial charge in [-0.1, -0.05) is 19.9 Å². The predicted octanol–water partition coefficient (Wildman–Crippen LogP) is 3.73. The van der Waals surface area contributed by atoms with E-state index >= 15 is 4.39 Å². The zero-order chi connectivity index (χ0) is 27.2. The molecule has 3 N–H and O–H groups in total. The zero-order valence-corrected chi connectivity index (χ0v) is 21.8. The highest BCUT2D eigenvalue weighted by Crippen LogP contribution is 2.47. The number of fused-ring (bicyclic) bond motifs is 3. The van der Waals surface area contributed by atoms with Crippen LogP contribution in [0.5, 0.6) is 0 Å². The van der Waals surface area contributed by atoms with E-state index in [4.69, 9.17) is 32.3 Å². The summed E-state index contributed by atoms with van der Waals surface area (Å²) in [5.74, 6) is -2.23. The van der Waals surface area contributed by atoms with Gasteiger partial charge in [0.05, 0.1) is 11.6 Å². The molecule has 1 saturated carbocycles. The lowest BCUT2D eigenvalue weighted by Gasteiger charge is -2.45. The van der Waals surface area contributed by atoms with Gasteiger partial charge in [0.15, 0.2) is 11.6 Å². The monoisotopic (exact) mass is 538 g/mol. The predicted molar refractivity (Wildman–Crippen MR) is 140 cm³/mol. The van der Waals surface area contributed by atoms with Gasteiger partial charge in [-0.25, -0.2) is 9.37 Å². The van der Waals surface area contributed by atoms with Crippen LogP contribution in [0, 0.1) is 34.4 Å². The lowest BCUT2D eigenvalue weighted by Crippen LogP contribution is -2.55. The van der Waals surface area contributed by atoms with E-state index in [1.165, 1.54) is 6.07 Å². The molecule has 0 spiro atoms. The van der Waals surface area contributed by atoms with Gasteiger partial charge in [-0.15, -0.1) is 11.6 Å². The second-order valence-electron chi connectivity index (χ2n) is 10.6. The maximum atomic E-state index is 15.5. The Morgan fingerprint density at radius 3 is 2.89 bits per heavy atom. The number of aromatic nitrogens is 2. The number of benzene rings is 1. The second kappa shape index (κ2) is 9.87. The van der Waals surface area contributed by atoms with Crippen molar-refractivity contribution in [2.75, 3.05) is 0 Å². The van der Waals surface area contributed by atoms with Gasteiger partial charge < -0.3 is 15.8 Å². The molecule has 1 aliphatic carbocycles. The SMILES string of the molecule is CC1(C)C=CN=C(C2C(Cl)CC(C(N)=O)CC2NC(=O)CC#N)C1c1cc(F)c2nc3n(c2c1)C=COC3. The summed E-state index contributed by atoms with van der Waals surface area (Å²) >= 11 is 6.92. The number of nitrogens with zero attached hydrogens (tertiary/aromatic N) is 4. The number of carbonyl (C=O) groups excluding carboxylic acids is 2. The number of hydrogen-bond donors (Lipinski definition) is 2. The molecule has 38 heavy (non-hydrogen) atoms. The summed E-state index contributed by atoms with van der Waals surface area (Å²) in [6.07, 6.45) is 7.18. The fourth-order valence-corrected chi connectivity index (χ4v) is 6.47. The number of allylic oxidation sites excluding steroid dienone is 1. The molecule has 11 heteroatoms. The summed E-state index contributed by atoms with van der Waals surface area (Å²) < 4.78 is 22.6. The molecule has 5 atom stereocenters. The molecule has 5 unspecified atom stereocenters. The minimum Gasteiger partial charge on any atom is -0.492 e. The fourth-order valence-electron chi connectivity index (χ4n) is 5.95. The van der Waals surface area contributed by atoms with E-state index in [-0.39, 0.29) is 25.0 Å². The molecular formula is C27H28ClFN6O3. The van der Waals surface area contributed by atoms with Gasteiger partial charge in [-0.05, 0) is 36.0 Å². The molecule has 0 saturated heterocycles. The molecule has 1 aromatic carbocycles. The average Bonchev–Trinajstić information content (AvgIpc) is 3.22. The third-order valence-electron chi connectivity index (χ3n) is 7.66. The number of carbonyl (C=O) groups is 2. The molecule has 3 aliphatic rings.